The number of ether oxygens (including phenoxy) is 2. The van der Waals surface area contributed by atoms with Gasteiger partial charge in [0.05, 0.1) is 5.56 Å². The van der Waals surface area contributed by atoms with E-state index < -0.39 is 11.4 Å². The van der Waals surface area contributed by atoms with Gasteiger partial charge in [-0.3, -0.25) is 4.79 Å². The molecule has 3 nitrogen and oxygen atoms in total. The second-order valence-corrected chi connectivity index (χ2v) is 6.06. The SMILES string of the molecule is O=C1c2ccccc2OC2(c3ccccc3)OC12c1ccccc1. The van der Waals surface area contributed by atoms with Crippen molar-refractivity contribution in [3.05, 3.63) is 102 Å². The summed E-state index contributed by atoms with van der Waals surface area (Å²) in [6.45, 7) is 0. The van der Waals surface area contributed by atoms with Crippen LogP contribution in [0.1, 0.15) is 21.5 Å². The zero-order valence-electron chi connectivity index (χ0n) is 12.8. The molecule has 0 N–H and O–H groups in total. The number of fused-ring (bicyclic) bond motifs is 2. The fourth-order valence-corrected chi connectivity index (χ4v) is 3.60. The Balaban J connectivity index is 1.77. The lowest BCUT2D eigenvalue weighted by Crippen LogP contribution is -2.38. The van der Waals surface area contributed by atoms with Crippen LogP contribution in [0.25, 0.3) is 0 Å². The van der Waals surface area contributed by atoms with Gasteiger partial charge in [-0.05, 0) is 17.7 Å². The summed E-state index contributed by atoms with van der Waals surface area (Å²) in [5.74, 6) is -0.587. The van der Waals surface area contributed by atoms with Crippen LogP contribution in [0, 0.1) is 0 Å². The molecule has 2 atom stereocenters. The highest BCUT2D eigenvalue weighted by molar-refractivity contribution is 6.09. The Bertz CT molecular complexity index is 936. The summed E-state index contributed by atoms with van der Waals surface area (Å²) < 4.78 is 12.4. The first-order valence-electron chi connectivity index (χ1n) is 7.92. The molecule has 0 bridgehead atoms. The van der Waals surface area contributed by atoms with E-state index in [2.05, 4.69) is 0 Å². The smallest absolute Gasteiger partial charge is 0.280 e. The van der Waals surface area contributed by atoms with Gasteiger partial charge in [0.25, 0.3) is 5.79 Å². The maximum Gasteiger partial charge on any atom is 0.280 e. The Morgan fingerprint density at radius 2 is 1.25 bits per heavy atom. The minimum atomic E-state index is -1.12. The lowest BCUT2D eigenvalue weighted by molar-refractivity contribution is 0.0557. The molecule has 0 amide bonds. The van der Waals surface area contributed by atoms with Crippen molar-refractivity contribution < 1.29 is 14.3 Å². The van der Waals surface area contributed by atoms with Gasteiger partial charge >= 0.3 is 0 Å². The Kier molecular flexibility index (Phi) is 2.57. The number of para-hydroxylation sites is 1. The maximum absolute atomic E-state index is 13.4. The molecule has 0 aromatic heterocycles. The zero-order valence-corrected chi connectivity index (χ0v) is 12.8. The molecule has 2 aliphatic rings. The van der Waals surface area contributed by atoms with E-state index in [1.807, 2.05) is 78.9 Å². The number of ketones is 1. The van der Waals surface area contributed by atoms with Crippen molar-refractivity contribution in [2.75, 3.05) is 0 Å². The molecule has 0 saturated carbocycles. The third kappa shape index (κ3) is 1.52. The van der Waals surface area contributed by atoms with E-state index in [0.717, 1.165) is 11.1 Å². The number of Topliss-reactive ketones (excluding diaryl/α,β-unsaturated/α-hetero) is 1. The van der Waals surface area contributed by atoms with E-state index in [0.29, 0.717) is 11.3 Å². The molecule has 2 unspecified atom stereocenters. The summed E-state index contributed by atoms with van der Waals surface area (Å²) in [7, 11) is 0. The predicted octanol–water partition coefficient (Wildman–Crippen LogP) is 4.04. The molecule has 1 fully saturated rings. The van der Waals surface area contributed by atoms with Crippen LogP contribution in [0.5, 0.6) is 5.75 Å². The van der Waals surface area contributed by atoms with Crippen molar-refractivity contribution in [2.45, 2.75) is 11.4 Å². The normalized spacial score (nSPS) is 26.9. The standard InChI is InChI=1S/C21H14O3/c22-19-17-13-7-8-14-18(17)23-21(16-11-5-2-6-12-16)20(19,24-21)15-9-3-1-4-10-15/h1-14H. The predicted molar refractivity (Wildman–Crippen MR) is 88.7 cm³/mol. The largest absolute Gasteiger partial charge is 0.453 e. The quantitative estimate of drug-likeness (QED) is 0.670. The van der Waals surface area contributed by atoms with Gasteiger partial charge in [0.1, 0.15) is 5.75 Å². The van der Waals surface area contributed by atoms with Crippen molar-refractivity contribution in [2.24, 2.45) is 0 Å². The van der Waals surface area contributed by atoms with Gasteiger partial charge in [-0.2, -0.15) is 0 Å². The first-order chi connectivity index (χ1) is 11.8. The van der Waals surface area contributed by atoms with Gasteiger partial charge < -0.3 is 9.47 Å². The van der Waals surface area contributed by atoms with E-state index >= 15 is 0 Å². The molecule has 3 aromatic carbocycles. The third-order valence-corrected chi connectivity index (χ3v) is 4.76. The highest BCUT2D eigenvalue weighted by atomic mass is 16.8. The van der Waals surface area contributed by atoms with Gasteiger partial charge in [-0.1, -0.05) is 72.8 Å². The highest BCUT2D eigenvalue weighted by Gasteiger charge is 2.81. The van der Waals surface area contributed by atoms with E-state index in [-0.39, 0.29) is 5.78 Å². The van der Waals surface area contributed by atoms with Crippen LogP contribution in [0.15, 0.2) is 84.9 Å². The molecule has 0 radical (unpaired) electrons. The fraction of sp³-hybridized carbons (Fsp3) is 0.0952. The van der Waals surface area contributed by atoms with Crippen LogP contribution in [0.2, 0.25) is 0 Å². The molecule has 3 aromatic rings. The van der Waals surface area contributed by atoms with Crippen LogP contribution in [-0.4, -0.2) is 5.78 Å². The summed E-state index contributed by atoms with van der Waals surface area (Å²) in [4.78, 5) is 13.4. The zero-order chi connectivity index (χ0) is 16.2. The molecule has 2 heterocycles. The van der Waals surface area contributed by atoms with Crippen LogP contribution < -0.4 is 4.74 Å². The minimum Gasteiger partial charge on any atom is -0.453 e. The molecule has 1 saturated heterocycles. The molecule has 0 aliphatic carbocycles. The van der Waals surface area contributed by atoms with Crippen molar-refractivity contribution in [1.82, 2.24) is 0 Å². The maximum atomic E-state index is 13.4. The minimum absolute atomic E-state index is 0.0561. The molecule has 5 rings (SSSR count). The Hall–Kier alpha value is -2.91. The van der Waals surface area contributed by atoms with Crippen molar-refractivity contribution in [3.8, 4) is 5.75 Å². The summed E-state index contributed by atoms with van der Waals surface area (Å²) in [6.07, 6.45) is 0. The number of benzene rings is 3. The van der Waals surface area contributed by atoms with E-state index in [1.54, 1.807) is 6.07 Å². The van der Waals surface area contributed by atoms with Crippen molar-refractivity contribution in [1.29, 1.82) is 0 Å². The fourth-order valence-electron chi connectivity index (χ4n) is 3.60. The Morgan fingerprint density at radius 1 is 0.667 bits per heavy atom. The summed E-state index contributed by atoms with van der Waals surface area (Å²) in [5.41, 5.74) is 1.10. The second-order valence-electron chi connectivity index (χ2n) is 6.06. The number of rotatable bonds is 2. The van der Waals surface area contributed by atoms with E-state index in [9.17, 15) is 4.79 Å². The van der Waals surface area contributed by atoms with E-state index in [4.69, 9.17) is 9.47 Å². The molecule has 24 heavy (non-hydrogen) atoms. The third-order valence-electron chi connectivity index (χ3n) is 4.76. The topological polar surface area (TPSA) is 38.8 Å². The first-order valence-corrected chi connectivity index (χ1v) is 7.92. The average molecular weight is 314 g/mol. The molecule has 116 valence electrons. The van der Waals surface area contributed by atoms with E-state index in [1.165, 1.54) is 0 Å². The molecular formula is C21H14O3. The van der Waals surface area contributed by atoms with Crippen LogP contribution in [-0.2, 0) is 16.1 Å². The van der Waals surface area contributed by atoms with Crippen LogP contribution in [0.3, 0.4) is 0 Å². The van der Waals surface area contributed by atoms with Crippen molar-refractivity contribution in [3.63, 3.8) is 0 Å². The number of hydrogen-bond donors (Lipinski definition) is 0. The first kappa shape index (κ1) is 13.5. The number of hydrogen-bond acceptors (Lipinski definition) is 3. The molecule has 3 heteroatoms. The molecule has 0 spiro atoms. The van der Waals surface area contributed by atoms with Crippen molar-refractivity contribution >= 4 is 5.78 Å². The molecular weight excluding hydrogens is 300 g/mol. The molecule has 2 aliphatic heterocycles. The van der Waals surface area contributed by atoms with Gasteiger partial charge in [0.15, 0.2) is 0 Å². The number of carbonyl (C=O) groups is 1. The average Bonchev–Trinajstić information content (AvgIpc) is 3.35. The van der Waals surface area contributed by atoms with Gasteiger partial charge in [0.2, 0.25) is 11.4 Å². The van der Waals surface area contributed by atoms with Crippen LogP contribution >= 0.6 is 0 Å². The van der Waals surface area contributed by atoms with Crippen LogP contribution in [0.4, 0.5) is 0 Å². The second kappa shape index (κ2) is 4.56. The summed E-state index contributed by atoms with van der Waals surface area (Å²) in [6, 6.07) is 26.6. The number of epoxide rings is 1. The van der Waals surface area contributed by atoms with Gasteiger partial charge in [-0.15, -0.1) is 0 Å². The number of carbonyl (C=O) groups excluding carboxylic acids is 1. The van der Waals surface area contributed by atoms with Gasteiger partial charge in [-0.25, -0.2) is 0 Å². The lowest BCUT2D eigenvalue weighted by Gasteiger charge is -2.27. The lowest BCUT2D eigenvalue weighted by atomic mass is 9.81. The summed E-state index contributed by atoms with van der Waals surface area (Å²) in [5, 5.41) is 0. The monoisotopic (exact) mass is 314 g/mol. The Morgan fingerprint density at radius 3 is 1.96 bits per heavy atom. The highest BCUT2D eigenvalue weighted by Crippen LogP contribution is 2.66. The summed E-state index contributed by atoms with van der Waals surface area (Å²) >= 11 is 0. The van der Waals surface area contributed by atoms with Gasteiger partial charge in [0, 0.05) is 5.56 Å². The Labute approximate surface area is 139 Å².